The van der Waals surface area contributed by atoms with Crippen molar-refractivity contribution in [3.05, 3.63) is 99.7 Å². The standard InChI is InChI=1S/C35H36ClF3N4O2/c1-22-8-13-25(36)18-29(22)41-14-16-42(17-15-41)31(45)21-43-28-7-5-4-6-26(28)40-27-19-34(2,3)20-30(44)32(27)33(43)23-9-11-24(12-10-23)35(37,38)39/h4-13,18,33,40H,14-17,19-21H2,1-3H3. The smallest absolute Gasteiger partial charge is 0.368 e. The average Bonchev–Trinajstić information content (AvgIpc) is 3.12. The lowest BCUT2D eigenvalue weighted by atomic mass is 9.73. The van der Waals surface area contributed by atoms with Crippen LogP contribution in [0.2, 0.25) is 5.02 Å². The second kappa shape index (κ2) is 11.7. The summed E-state index contributed by atoms with van der Waals surface area (Å²) in [5, 5.41) is 4.15. The monoisotopic (exact) mass is 636 g/mol. The maximum atomic E-state index is 14.0. The summed E-state index contributed by atoms with van der Waals surface area (Å²) in [5.74, 6) is -0.189. The van der Waals surface area contributed by atoms with Crippen molar-refractivity contribution in [2.75, 3.05) is 47.8 Å². The first-order chi connectivity index (χ1) is 21.3. The molecule has 45 heavy (non-hydrogen) atoms. The van der Waals surface area contributed by atoms with E-state index in [0.717, 1.165) is 34.8 Å². The van der Waals surface area contributed by atoms with Gasteiger partial charge in [0.05, 0.1) is 29.5 Å². The zero-order valence-electron chi connectivity index (χ0n) is 25.5. The number of halogens is 4. The van der Waals surface area contributed by atoms with Gasteiger partial charge >= 0.3 is 6.18 Å². The number of amides is 1. The molecular formula is C35H36ClF3N4O2. The van der Waals surface area contributed by atoms with Crippen molar-refractivity contribution < 1.29 is 22.8 Å². The van der Waals surface area contributed by atoms with E-state index in [1.807, 2.05) is 73.0 Å². The molecule has 3 aromatic carbocycles. The highest BCUT2D eigenvalue weighted by molar-refractivity contribution is 6.30. The van der Waals surface area contributed by atoms with Crippen molar-refractivity contribution in [3.63, 3.8) is 0 Å². The number of rotatable bonds is 4. The number of hydrogen-bond donors (Lipinski definition) is 1. The molecule has 1 atom stereocenters. The average molecular weight is 637 g/mol. The lowest BCUT2D eigenvalue weighted by Gasteiger charge is -2.40. The SMILES string of the molecule is Cc1ccc(Cl)cc1N1CCN(C(=O)CN2c3ccccc3NC3=C(C(=O)CC(C)(C)C3)C2c2ccc(C(F)(F)F)cc2)CC1. The van der Waals surface area contributed by atoms with Gasteiger partial charge in [-0.15, -0.1) is 0 Å². The van der Waals surface area contributed by atoms with Crippen LogP contribution in [-0.2, 0) is 15.8 Å². The number of nitrogens with one attached hydrogen (secondary N) is 1. The Bertz CT molecular complexity index is 1660. The highest BCUT2D eigenvalue weighted by Crippen LogP contribution is 2.48. The predicted molar refractivity (Wildman–Crippen MR) is 172 cm³/mol. The van der Waals surface area contributed by atoms with Crippen LogP contribution in [0.5, 0.6) is 0 Å². The number of hydrogen-bond acceptors (Lipinski definition) is 5. The number of benzene rings is 3. The third-order valence-electron chi connectivity index (χ3n) is 9.01. The molecule has 1 aliphatic carbocycles. The Morgan fingerprint density at radius 1 is 0.956 bits per heavy atom. The summed E-state index contributed by atoms with van der Waals surface area (Å²) in [6.07, 6.45) is -3.60. The van der Waals surface area contributed by atoms with Crippen molar-refractivity contribution in [3.8, 4) is 0 Å². The number of nitrogens with zero attached hydrogens (tertiary/aromatic N) is 3. The van der Waals surface area contributed by atoms with Crippen LogP contribution in [0.4, 0.5) is 30.2 Å². The number of piperazine rings is 1. The number of fused-ring (bicyclic) bond motifs is 1. The van der Waals surface area contributed by atoms with Gasteiger partial charge in [0.25, 0.3) is 0 Å². The molecule has 6 rings (SSSR count). The Hall–Kier alpha value is -3.98. The van der Waals surface area contributed by atoms with E-state index in [0.29, 0.717) is 60.9 Å². The normalized spacial score (nSPS) is 19.9. The van der Waals surface area contributed by atoms with Crippen molar-refractivity contribution in [2.45, 2.75) is 45.8 Å². The van der Waals surface area contributed by atoms with Gasteiger partial charge in [0.2, 0.25) is 5.91 Å². The van der Waals surface area contributed by atoms with Crippen LogP contribution in [0.25, 0.3) is 0 Å². The quantitative estimate of drug-likeness (QED) is 0.319. The number of Topliss-reactive ketones (excluding diaryl/α,β-unsaturated/α-hetero) is 1. The molecule has 236 valence electrons. The first kappa shape index (κ1) is 31.0. The van der Waals surface area contributed by atoms with Gasteiger partial charge in [-0.2, -0.15) is 13.2 Å². The van der Waals surface area contributed by atoms with E-state index >= 15 is 0 Å². The molecule has 1 saturated heterocycles. The maximum Gasteiger partial charge on any atom is 0.416 e. The fourth-order valence-electron chi connectivity index (χ4n) is 6.79. The number of carbonyl (C=O) groups excluding carboxylic acids is 2. The van der Waals surface area contributed by atoms with E-state index in [1.54, 1.807) is 0 Å². The summed E-state index contributed by atoms with van der Waals surface area (Å²) in [6, 6.07) is 17.6. The van der Waals surface area contributed by atoms with Gasteiger partial charge in [-0.3, -0.25) is 9.59 Å². The minimum atomic E-state index is -4.49. The highest BCUT2D eigenvalue weighted by atomic mass is 35.5. The molecular weight excluding hydrogens is 601 g/mol. The zero-order valence-corrected chi connectivity index (χ0v) is 26.3. The minimum Gasteiger partial charge on any atom is -0.368 e. The van der Waals surface area contributed by atoms with E-state index in [4.69, 9.17) is 11.6 Å². The van der Waals surface area contributed by atoms with Gasteiger partial charge in [-0.05, 0) is 66.3 Å². The fraction of sp³-hybridized carbons (Fsp3) is 0.371. The molecule has 1 unspecified atom stereocenters. The first-order valence-corrected chi connectivity index (χ1v) is 15.5. The van der Waals surface area contributed by atoms with Crippen molar-refractivity contribution in [2.24, 2.45) is 5.41 Å². The van der Waals surface area contributed by atoms with Crippen LogP contribution in [0.15, 0.2) is 78.0 Å². The topological polar surface area (TPSA) is 55.9 Å². The molecule has 0 saturated carbocycles. The number of aryl methyl sites for hydroxylation is 1. The van der Waals surface area contributed by atoms with Crippen LogP contribution in [0.3, 0.4) is 0 Å². The van der Waals surface area contributed by atoms with Crippen molar-refractivity contribution in [1.29, 1.82) is 0 Å². The third kappa shape index (κ3) is 6.27. The van der Waals surface area contributed by atoms with Gasteiger partial charge in [0, 0.05) is 54.6 Å². The van der Waals surface area contributed by atoms with Crippen LogP contribution in [0.1, 0.15) is 49.4 Å². The van der Waals surface area contributed by atoms with E-state index in [-0.39, 0.29) is 23.7 Å². The van der Waals surface area contributed by atoms with Crippen molar-refractivity contribution >= 4 is 40.4 Å². The maximum absolute atomic E-state index is 14.0. The van der Waals surface area contributed by atoms with Gasteiger partial charge < -0.3 is 20.0 Å². The highest BCUT2D eigenvalue weighted by Gasteiger charge is 2.42. The largest absolute Gasteiger partial charge is 0.416 e. The minimum absolute atomic E-state index is 0.0476. The number of anilines is 3. The third-order valence-corrected chi connectivity index (χ3v) is 9.24. The van der Waals surface area contributed by atoms with Gasteiger partial charge in [0.15, 0.2) is 5.78 Å². The Labute approximate surface area is 266 Å². The van der Waals surface area contributed by atoms with Crippen LogP contribution in [-0.4, -0.2) is 49.3 Å². The van der Waals surface area contributed by atoms with E-state index in [1.165, 1.54) is 12.1 Å². The summed E-state index contributed by atoms with van der Waals surface area (Å²) in [4.78, 5) is 33.9. The molecule has 1 amide bonds. The van der Waals surface area contributed by atoms with Crippen molar-refractivity contribution in [1.82, 2.24) is 4.90 Å². The lowest BCUT2D eigenvalue weighted by molar-refractivity contribution is -0.137. The Balaban J connectivity index is 1.36. The van der Waals surface area contributed by atoms with Gasteiger partial charge in [0.1, 0.15) is 0 Å². The molecule has 3 aliphatic rings. The number of allylic oxidation sites excluding steroid dienone is 1. The second-order valence-electron chi connectivity index (χ2n) is 12.9. The predicted octanol–water partition coefficient (Wildman–Crippen LogP) is 7.63. The van der Waals surface area contributed by atoms with Crippen LogP contribution in [0, 0.1) is 12.3 Å². The Morgan fingerprint density at radius 3 is 2.33 bits per heavy atom. The molecule has 10 heteroatoms. The number of alkyl halides is 3. The van der Waals surface area contributed by atoms with E-state index in [9.17, 15) is 22.8 Å². The second-order valence-corrected chi connectivity index (χ2v) is 13.4. The van der Waals surface area contributed by atoms with E-state index < -0.39 is 17.8 Å². The van der Waals surface area contributed by atoms with Crippen LogP contribution < -0.4 is 15.1 Å². The molecule has 0 radical (unpaired) electrons. The van der Waals surface area contributed by atoms with Gasteiger partial charge in [-0.25, -0.2) is 0 Å². The molecule has 2 aliphatic heterocycles. The Kier molecular flexibility index (Phi) is 8.10. The molecule has 2 heterocycles. The first-order valence-electron chi connectivity index (χ1n) is 15.2. The van der Waals surface area contributed by atoms with Gasteiger partial charge in [-0.1, -0.05) is 55.8 Å². The summed E-state index contributed by atoms with van der Waals surface area (Å²) in [5.41, 5.74) is 4.32. The summed E-state index contributed by atoms with van der Waals surface area (Å²) >= 11 is 6.26. The summed E-state index contributed by atoms with van der Waals surface area (Å²) in [6.45, 7) is 8.33. The molecule has 0 bridgehead atoms. The Morgan fingerprint density at radius 2 is 1.64 bits per heavy atom. The molecule has 6 nitrogen and oxygen atoms in total. The molecule has 0 aromatic heterocycles. The summed E-state index contributed by atoms with van der Waals surface area (Å²) < 4.78 is 40.6. The fourth-order valence-corrected chi connectivity index (χ4v) is 6.96. The van der Waals surface area contributed by atoms with E-state index in [2.05, 4.69) is 10.2 Å². The number of ketones is 1. The number of carbonyl (C=O) groups is 2. The number of para-hydroxylation sites is 2. The zero-order chi connectivity index (χ0) is 32.1. The molecule has 1 N–H and O–H groups in total. The molecule has 3 aromatic rings. The van der Waals surface area contributed by atoms with Crippen LogP contribution >= 0.6 is 11.6 Å². The molecule has 0 spiro atoms. The summed E-state index contributed by atoms with van der Waals surface area (Å²) in [7, 11) is 0. The molecule has 1 fully saturated rings. The lowest BCUT2D eigenvalue weighted by Crippen LogP contribution is -2.52.